The number of halogens is 1. The molecular formula is C8H7FN2O. The van der Waals surface area contributed by atoms with E-state index in [4.69, 9.17) is 5.73 Å². The van der Waals surface area contributed by atoms with Gasteiger partial charge in [0, 0.05) is 6.54 Å². The van der Waals surface area contributed by atoms with Crippen LogP contribution in [0.5, 0.6) is 0 Å². The Morgan fingerprint density at radius 3 is 2.92 bits per heavy atom. The Morgan fingerprint density at radius 1 is 1.58 bits per heavy atom. The van der Waals surface area contributed by atoms with Gasteiger partial charge in [-0.05, 0) is 17.7 Å². The molecule has 0 radical (unpaired) electrons. The summed E-state index contributed by atoms with van der Waals surface area (Å²) in [5.41, 5.74) is 6.01. The molecule has 1 aromatic carbocycles. The van der Waals surface area contributed by atoms with E-state index in [9.17, 15) is 9.18 Å². The summed E-state index contributed by atoms with van der Waals surface area (Å²) >= 11 is 0. The highest BCUT2D eigenvalue weighted by molar-refractivity contribution is 5.50. The normalized spacial score (nSPS) is 9.17. The van der Waals surface area contributed by atoms with Crippen molar-refractivity contribution in [2.75, 3.05) is 0 Å². The van der Waals surface area contributed by atoms with Gasteiger partial charge in [0.1, 0.15) is 11.5 Å². The number of benzene rings is 1. The minimum atomic E-state index is -0.546. The average molecular weight is 166 g/mol. The van der Waals surface area contributed by atoms with Crippen LogP contribution in [0, 0.1) is 5.82 Å². The lowest BCUT2D eigenvalue weighted by atomic mass is 10.2. The van der Waals surface area contributed by atoms with E-state index in [2.05, 4.69) is 4.99 Å². The second-order valence-electron chi connectivity index (χ2n) is 2.19. The number of carbonyl (C=O) groups excluding carboxylic acids is 1. The second kappa shape index (κ2) is 3.76. The van der Waals surface area contributed by atoms with E-state index in [0.29, 0.717) is 6.54 Å². The molecule has 0 aromatic heterocycles. The van der Waals surface area contributed by atoms with Gasteiger partial charge < -0.3 is 5.73 Å². The molecule has 62 valence electrons. The maximum absolute atomic E-state index is 12.8. The minimum Gasteiger partial charge on any atom is -0.326 e. The van der Waals surface area contributed by atoms with Crippen LogP contribution in [-0.4, -0.2) is 6.08 Å². The van der Waals surface area contributed by atoms with Crippen molar-refractivity contribution in [1.29, 1.82) is 0 Å². The molecule has 12 heavy (non-hydrogen) atoms. The number of rotatable bonds is 2. The molecule has 0 aliphatic carbocycles. The molecule has 0 bridgehead atoms. The number of isocyanates is 1. The van der Waals surface area contributed by atoms with E-state index in [-0.39, 0.29) is 5.69 Å². The SMILES string of the molecule is NCc1ccc(F)c(N=C=O)c1. The van der Waals surface area contributed by atoms with Gasteiger partial charge in [0.15, 0.2) is 0 Å². The monoisotopic (exact) mass is 166 g/mol. The van der Waals surface area contributed by atoms with Crippen LogP contribution < -0.4 is 5.73 Å². The number of hydrogen-bond donors (Lipinski definition) is 1. The molecule has 0 spiro atoms. The van der Waals surface area contributed by atoms with Gasteiger partial charge in [0.2, 0.25) is 6.08 Å². The standard InChI is InChI=1S/C8H7FN2O/c9-7-2-1-6(4-10)3-8(7)11-5-12/h1-3H,4,10H2. The highest BCUT2D eigenvalue weighted by Crippen LogP contribution is 2.18. The van der Waals surface area contributed by atoms with E-state index in [1.54, 1.807) is 6.07 Å². The van der Waals surface area contributed by atoms with Crippen molar-refractivity contribution in [2.45, 2.75) is 6.54 Å². The molecule has 1 rings (SSSR count). The summed E-state index contributed by atoms with van der Waals surface area (Å²) in [6, 6.07) is 4.18. The lowest BCUT2D eigenvalue weighted by Gasteiger charge is -1.97. The summed E-state index contributed by atoms with van der Waals surface area (Å²) < 4.78 is 12.8. The smallest absolute Gasteiger partial charge is 0.240 e. The molecule has 0 amide bonds. The third-order valence-corrected chi connectivity index (χ3v) is 1.41. The predicted molar refractivity (Wildman–Crippen MR) is 42.1 cm³/mol. The van der Waals surface area contributed by atoms with E-state index in [1.807, 2.05) is 0 Å². The number of nitrogens with zero attached hydrogens (tertiary/aromatic N) is 1. The van der Waals surface area contributed by atoms with Crippen molar-refractivity contribution in [3.8, 4) is 0 Å². The van der Waals surface area contributed by atoms with Crippen molar-refractivity contribution in [2.24, 2.45) is 10.7 Å². The summed E-state index contributed by atoms with van der Waals surface area (Å²) in [6.45, 7) is 0.293. The van der Waals surface area contributed by atoms with E-state index in [1.165, 1.54) is 18.2 Å². The molecule has 0 saturated carbocycles. The van der Waals surface area contributed by atoms with Gasteiger partial charge in [-0.15, -0.1) is 0 Å². The number of hydrogen-bond acceptors (Lipinski definition) is 3. The van der Waals surface area contributed by atoms with Gasteiger partial charge in [-0.3, -0.25) is 0 Å². The maximum atomic E-state index is 12.8. The Bertz CT molecular complexity index is 332. The Kier molecular flexibility index (Phi) is 2.69. The van der Waals surface area contributed by atoms with Crippen molar-refractivity contribution in [3.05, 3.63) is 29.6 Å². The predicted octanol–water partition coefficient (Wildman–Crippen LogP) is 1.25. The van der Waals surface area contributed by atoms with E-state index in [0.717, 1.165) is 5.56 Å². The van der Waals surface area contributed by atoms with Crippen LogP contribution in [-0.2, 0) is 11.3 Å². The Labute approximate surface area is 68.7 Å². The average Bonchev–Trinajstić information content (AvgIpc) is 2.09. The fraction of sp³-hybridized carbons (Fsp3) is 0.125. The Balaban J connectivity index is 3.16. The molecule has 3 nitrogen and oxygen atoms in total. The molecule has 4 heteroatoms. The molecule has 0 heterocycles. The Morgan fingerprint density at radius 2 is 2.33 bits per heavy atom. The third-order valence-electron chi connectivity index (χ3n) is 1.41. The molecule has 0 aliphatic heterocycles. The summed E-state index contributed by atoms with van der Waals surface area (Å²) in [6.07, 6.45) is 1.27. The zero-order valence-corrected chi connectivity index (χ0v) is 6.25. The Hall–Kier alpha value is -1.51. The summed E-state index contributed by atoms with van der Waals surface area (Å²) in [4.78, 5) is 13.0. The summed E-state index contributed by atoms with van der Waals surface area (Å²) in [5.74, 6) is -0.546. The molecule has 2 N–H and O–H groups in total. The minimum absolute atomic E-state index is 0.0204. The van der Waals surface area contributed by atoms with Crippen LogP contribution in [0.1, 0.15) is 5.56 Å². The number of aliphatic imine (C=N–C) groups is 1. The summed E-state index contributed by atoms with van der Waals surface area (Å²) in [5, 5.41) is 0. The second-order valence-corrected chi connectivity index (χ2v) is 2.19. The van der Waals surface area contributed by atoms with Crippen LogP contribution >= 0.6 is 0 Å². The largest absolute Gasteiger partial charge is 0.326 e. The van der Waals surface area contributed by atoms with Crippen LogP contribution in [0.3, 0.4) is 0 Å². The molecule has 0 aliphatic rings. The third kappa shape index (κ3) is 1.75. The van der Waals surface area contributed by atoms with Gasteiger partial charge in [-0.2, -0.15) is 4.99 Å². The van der Waals surface area contributed by atoms with Crippen LogP contribution in [0.25, 0.3) is 0 Å². The highest BCUT2D eigenvalue weighted by Gasteiger charge is 2.00. The van der Waals surface area contributed by atoms with Crippen LogP contribution in [0.2, 0.25) is 0 Å². The van der Waals surface area contributed by atoms with Crippen molar-refractivity contribution in [3.63, 3.8) is 0 Å². The van der Waals surface area contributed by atoms with Gasteiger partial charge >= 0.3 is 0 Å². The van der Waals surface area contributed by atoms with Crippen LogP contribution in [0.4, 0.5) is 10.1 Å². The first-order valence-electron chi connectivity index (χ1n) is 3.34. The zero-order chi connectivity index (χ0) is 8.97. The molecule has 0 fully saturated rings. The highest BCUT2D eigenvalue weighted by atomic mass is 19.1. The first-order valence-corrected chi connectivity index (χ1v) is 3.34. The zero-order valence-electron chi connectivity index (χ0n) is 6.25. The number of nitrogens with two attached hydrogens (primary N) is 1. The van der Waals surface area contributed by atoms with Crippen molar-refractivity contribution >= 4 is 11.8 Å². The summed E-state index contributed by atoms with van der Waals surface area (Å²) in [7, 11) is 0. The fourth-order valence-electron chi connectivity index (χ4n) is 0.820. The molecule has 1 aromatic rings. The first kappa shape index (κ1) is 8.59. The van der Waals surface area contributed by atoms with Gasteiger partial charge in [-0.1, -0.05) is 6.07 Å². The topological polar surface area (TPSA) is 55.4 Å². The van der Waals surface area contributed by atoms with Gasteiger partial charge in [0.25, 0.3) is 0 Å². The van der Waals surface area contributed by atoms with Crippen LogP contribution in [0.15, 0.2) is 23.2 Å². The first-order chi connectivity index (χ1) is 5.77. The van der Waals surface area contributed by atoms with Gasteiger partial charge in [-0.25, -0.2) is 9.18 Å². The lowest BCUT2D eigenvalue weighted by Crippen LogP contribution is -1.95. The molecular weight excluding hydrogens is 159 g/mol. The lowest BCUT2D eigenvalue weighted by molar-refractivity contribution is 0.564. The van der Waals surface area contributed by atoms with E-state index < -0.39 is 5.82 Å². The van der Waals surface area contributed by atoms with Crippen molar-refractivity contribution in [1.82, 2.24) is 0 Å². The van der Waals surface area contributed by atoms with E-state index >= 15 is 0 Å². The van der Waals surface area contributed by atoms with Gasteiger partial charge in [0.05, 0.1) is 0 Å². The quantitative estimate of drug-likeness (QED) is 0.531. The fourth-order valence-corrected chi connectivity index (χ4v) is 0.820. The molecule has 0 saturated heterocycles. The maximum Gasteiger partial charge on any atom is 0.240 e. The molecule has 0 unspecified atom stereocenters. The van der Waals surface area contributed by atoms with Crippen molar-refractivity contribution < 1.29 is 9.18 Å². The molecule has 0 atom stereocenters.